The van der Waals surface area contributed by atoms with Gasteiger partial charge < -0.3 is 19.2 Å². The number of aryl methyl sites for hydroxylation is 1. The van der Waals surface area contributed by atoms with Crippen LogP contribution >= 0.6 is 11.3 Å². The maximum atomic E-state index is 12.2. The first-order chi connectivity index (χ1) is 15.4. The second-order valence-corrected chi connectivity index (χ2v) is 7.32. The Hall–Kier alpha value is -3.99. The Labute approximate surface area is 186 Å². The molecule has 2 N–H and O–H groups in total. The predicted octanol–water partition coefficient (Wildman–Crippen LogP) is 2.13. The molecule has 3 aromatic rings. The molecule has 0 aliphatic heterocycles. The molecular formula is C21H20N4O6S. The number of methoxy groups -OCH3 is 2. The van der Waals surface area contributed by atoms with Crippen molar-refractivity contribution in [3.05, 3.63) is 62.3 Å². The maximum absolute atomic E-state index is 12.2. The summed E-state index contributed by atoms with van der Waals surface area (Å²) >= 11 is 1.49. The highest BCUT2D eigenvalue weighted by molar-refractivity contribution is 7.11. The minimum Gasteiger partial charge on any atom is -0.493 e. The summed E-state index contributed by atoms with van der Waals surface area (Å²) in [5.41, 5.74) is 2.81. The van der Waals surface area contributed by atoms with E-state index in [1.165, 1.54) is 31.8 Å². The fourth-order valence-electron chi connectivity index (χ4n) is 2.79. The molecule has 0 aliphatic carbocycles. The molecule has 11 heteroatoms. The summed E-state index contributed by atoms with van der Waals surface area (Å²) in [6.07, 6.45) is 1.54. The zero-order valence-corrected chi connectivity index (χ0v) is 18.3. The number of thiophene rings is 1. The molecule has 0 saturated carbocycles. The van der Waals surface area contributed by atoms with Crippen molar-refractivity contribution >= 4 is 29.4 Å². The summed E-state index contributed by atoms with van der Waals surface area (Å²) in [5.74, 6) is -0.521. The second kappa shape index (κ2) is 10.4. The molecule has 2 aromatic heterocycles. The van der Waals surface area contributed by atoms with Gasteiger partial charge in [0.25, 0.3) is 5.91 Å². The van der Waals surface area contributed by atoms with Crippen molar-refractivity contribution in [3.8, 4) is 22.8 Å². The van der Waals surface area contributed by atoms with Crippen LogP contribution in [0.25, 0.3) is 11.3 Å². The molecule has 0 fully saturated rings. The lowest BCUT2D eigenvalue weighted by atomic mass is 10.0. The lowest BCUT2D eigenvalue weighted by Crippen LogP contribution is -2.24. The van der Waals surface area contributed by atoms with Crippen LogP contribution in [0, 0.1) is 6.92 Å². The summed E-state index contributed by atoms with van der Waals surface area (Å²) in [4.78, 5) is 43.4. The van der Waals surface area contributed by atoms with E-state index in [2.05, 4.69) is 20.5 Å². The SMILES string of the molecule is COC(=O)c1c(-c2ccc(OCC(=O)NN=Cc3cccs3)c(OC)c2)nc(=O)[nH]c1C. The van der Waals surface area contributed by atoms with Crippen molar-refractivity contribution in [1.29, 1.82) is 0 Å². The topological polar surface area (TPSA) is 132 Å². The number of rotatable bonds is 8. The van der Waals surface area contributed by atoms with Crippen LogP contribution in [0.1, 0.15) is 20.9 Å². The fraction of sp³-hybridized carbons (Fsp3) is 0.190. The summed E-state index contributed by atoms with van der Waals surface area (Å²) in [7, 11) is 2.67. The van der Waals surface area contributed by atoms with Crippen LogP contribution in [0.15, 0.2) is 45.6 Å². The highest BCUT2D eigenvalue weighted by Gasteiger charge is 2.20. The third-order valence-electron chi connectivity index (χ3n) is 4.23. The molecule has 1 aromatic carbocycles. The third kappa shape index (κ3) is 5.38. The average molecular weight is 456 g/mol. The van der Waals surface area contributed by atoms with Gasteiger partial charge in [0.05, 0.1) is 26.1 Å². The zero-order chi connectivity index (χ0) is 23.1. The molecule has 0 aliphatic rings. The Kier molecular flexibility index (Phi) is 7.34. The van der Waals surface area contributed by atoms with Gasteiger partial charge in [-0.3, -0.25) is 4.79 Å². The zero-order valence-electron chi connectivity index (χ0n) is 17.5. The standard InChI is InChI=1S/C21H20N4O6S/c1-12-18(20(27)30-3)19(24-21(28)23-12)13-6-7-15(16(9-13)29-2)31-11-17(26)25-22-10-14-5-4-8-32-14/h4-10H,11H2,1-3H3,(H,25,26)(H,23,24,28). The highest BCUT2D eigenvalue weighted by atomic mass is 32.1. The monoisotopic (exact) mass is 456 g/mol. The number of benzene rings is 1. The maximum Gasteiger partial charge on any atom is 0.345 e. The number of aromatic nitrogens is 2. The normalized spacial score (nSPS) is 10.7. The van der Waals surface area contributed by atoms with Crippen molar-refractivity contribution < 1.29 is 23.8 Å². The van der Waals surface area contributed by atoms with Crippen LogP contribution in [0.2, 0.25) is 0 Å². The first-order valence-electron chi connectivity index (χ1n) is 9.28. The molecule has 0 bridgehead atoms. The van der Waals surface area contributed by atoms with Crippen molar-refractivity contribution in [3.63, 3.8) is 0 Å². The fourth-order valence-corrected chi connectivity index (χ4v) is 3.37. The molecule has 166 valence electrons. The number of aromatic amines is 1. The summed E-state index contributed by atoms with van der Waals surface area (Å²) in [6.45, 7) is 1.28. The molecular weight excluding hydrogens is 436 g/mol. The van der Waals surface area contributed by atoms with Crippen LogP contribution < -0.4 is 20.6 Å². The van der Waals surface area contributed by atoms with Crippen LogP contribution in [-0.2, 0) is 9.53 Å². The average Bonchev–Trinajstić information content (AvgIpc) is 3.30. The first kappa shape index (κ1) is 22.7. The second-order valence-electron chi connectivity index (χ2n) is 6.35. The Morgan fingerprint density at radius 3 is 2.75 bits per heavy atom. The van der Waals surface area contributed by atoms with Crippen molar-refractivity contribution in [2.24, 2.45) is 5.10 Å². The highest BCUT2D eigenvalue weighted by Crippen LogP contribution is 2.33. The van der Waals surface area contributed by atoms with Crippen molar-refractivity contribution in [1.82, 2.24) is 15.4 Å². The number of amides is 1. The van der Waals surface area contributed by atoms with Gasteiger partial charge in [-0.2, -0.15) is 10.1 Å². The number of ether oxygens (including phenoxy) is 3. The number of nitrogens with zero attached hydrogens (tertiary/aromatic N) is 2. The molecule has 32 heavy (non-hydrogen) atoms. The van der Waals surface area contributed by atoms with Gasteiger partial charge in [0, 0.05) is 16.1 Å². The minimum absolute atomic E-state index is 0.130. The van der Waals surface area contributed by atoms with Gasteiger partial charge in [0.15, 0.2) is 18.1 Å². The minimum atomic E-state index is -0.639. The number of nitrogens with one attached hydrogen (secondary N) is 2. The van der Waals surface area contributed by atoms with Crippen LogP contribution in [0.5, 0.6) is 11.5 Å². The van der Waals surface area contributed by atoms with Crippen LogP contribution in [-0.4, -0.2) is 48.9 Å². The molecule has 0 radical (unpaired) electrons. The molecule has 3 rings (SSSR count). The van der Waals surface area contributed by atoms with Gasteiger partial charge in [-0.1, -0.05) is 6.07 Å². The largest absolute Gasteiger partial charge is 0.493 e. The molecule has 1 amide bonds. The summed E-state index contributed by atoms with van der Waals surface area (Å²) < 4.78 is 15.7. The van der Waals surface area contributed by atoms with E-state index >= 15 is 0 Å². The number of hydrogen-bond acceptors (Lipinski definition) is 9. The molecule has 0 atom stereocenters. The van der Waals surface area contributed by atoms with E-state index in [0.29, 0.717) is 11.3 Å². The van der Waals surface area contributed by atoms with E-state index in [1.54, 1.807) is 25.1 Å². The lowest BCUT2D eigenvalue weighted by molar-refractivity contribution is -0.123. The lowest BCUT2D eigenvalue weighted by Gasteiger charge is -2.13. The smallest absolute Gasteiger partial charge is 0.345 e. The van der Waals surface area contributed by atoms with Crippen molar-refractivity contribution in [2.45, 2.75) is 6.92 Å². The molecule has 0 unspecified atom stereocenters. The van der Waals surface area contributed by atoms with Gasteiger partial charge in [0.1, 0.15) is 5.56 Å². The molecule has 0 spiro atoms. The summed E-state index contributed by atoms with van der Waals surface area (Å²) in [5, 5.41) is 5.76. The van der Waals surface area contributed by atoms with E-state index in [1.807, 2.05) is 17.5 Å². The van der Waals surface area contributed by atoms with E-state index < -0.39 is 17.6 Å². The molecule has 10 nitrogen and oxygen atoms in total. The van der Waals surface area contributed by atoms with Gasteiger partial charge in [-0.15, -0.1) is 11.3 Å². The predicted molar refractivity (Wildman–Crippen MR) is 118 cm³/mol. The number of carbonyl (C=O) groups excluding carboxylic acids is 2. The molecule has 0 saturated heterocycles. The Morgan fingerprint density at radius 2 is 2.06 bits per heavy atom. The van der Waals surface area contributed by atoms with E-state index in [-0.39, 0.29) is 29.4 Å². The van der Waals surface area contributed by atoms with E-state index in [4.69, 9.17) is 14.2 Å². The Morgan fingerprint density at radius 1 is 1.25 bits per heavy atom. The number of H-pyrrole nitrogens is 1. The van der Waals surface area contributed by atoms with Crippen molar-refractivity contribution in [2.75, 3.05) is 20.8 Å². The van der Waals surface area contributed by atoms with E-state index in [9.17, 15) is 14.4 Å². The first-order valence-corrected chi connectivity index (χ1v) is 10.2. The van der Waals surface area contributed by atoms with Crippen LogP contribution in [0.4, 0.5) is 0 Å². The van der Waals surface area contributed by atoms with Crippen LogP contribution in [0.3, 0.4) is 0 Å². The Bertz CT molecular complexity index is 1200. The Balaban J connectivity index is 1.77. The van der Waals surface area contributed by atoms with Gasteiger partial charge >= 0.3 is 11.7 Å². The van der Waals surface area contributed by atoms with E-state index in [0.717, 1.165) is 4.88 Å². The van der Waals surface area contributed by atoms with Gasteiger partial charge in [-0.25, -0.2) is 15.0 Å². The number of hydrogen-bond donors (Lipinski definition) is 2. The number of hydrazone groups is 1. The number of esters is 1. The third-order valence-corrected chi connectivity index (χ3v) is 5.04. The number of carbonyl (C=O) groups is 2. The van der Waals surface area contributed by atoms with Gasteiger partial charge in [-0.05, 0) is 36.6 Å². The molecule has 2 heterocycles. The summed E-state index contributed by atoms with van der Waals surface area (Å²) in [6, 6.07) is 8.44. The quantitative estimate of drug-likeness (QED) is 0.301. The van der Waals surface area contributed by atoms with Gasteiger partial charge in [0.2, 0.25) is 0 Å².